The Hall–Kier alpha value is -3.56. The van der Waals surface area contributed by atoms with Crippen molar-refractivity contribution in [1.29, 1.82) is 0 Å². The Bertz CT molecular complexity index is 1190. The maximum Gasteiger partial charge on any atom is 0.270 e. The number of nitrogens with one attached hydrogen (secondary N) is 2. The minimum absolute atomic E-state index is 0.0117. The van der Waals surface area contributed by atoms with Gasteiger partial charge in [-0.15, -0.1) is 0 Å². The second kappa shape index (κ2) is 10.4. The summed E-state index contributed by atoms with van der Waals surface area (Å²) in [5.74, 6) is -0.718. The number of carbonyl (C=O) groups excluding carboxylic acids is 2. The van der Waals surface area contributed by atoms with Crippen LogP contribution in [0.2, 0.25) is 0 Å². The molecule has 4 rings (SSSR count). The molecule has 1 fully saturated rings. The van der Waals surface area contributed by atoms with E-state index in [1.807, 2.05) is 13.8 Å². The molecule has 1 aliphatic rings. The number of rotatable bonds is 7. The fourth-order valence-electron chi connectivity index (χ4n) is 4.80. The van der Waals surface area contributed by atoms with Gasteiger partial charge >= 0.3 is 0 Å². The van der Waals surface area contributed by atoms with Crippen molar-refractivity contribution in [2.75, 3.05) is 5.32 Å². The summed E-state index contributed by atoms with van der Waals surface area (Å²) in [7, 11) is 1.72. The molecular formula is C25H32FN7O2. The largest absolute Gasteiger partial charge is 0.339 e. The van der Waals surface area contributed by atoms with Crippen molar-refractivity contribution >= 4 is 17.5 Å². The molecule has 3 heterocycles. The molecule has 35 heavy (non-hydrogen) atoms. The average molecular weight is 482 g/mol. The van der Waals surface area contributed by atoms with Crippen molar-refractivity contribution in [3.8, 4) is 11.4 Å². The standard InChI is InChI=1S/C25H32FN7O2/c1-5-33-20(10-11-28-33)24(34)31-21(17-8-6-15(2)7-9-17)25(35)30-18-12-19(26)22(27-14-18)23-16(3)13-29-32(23)4/h10-15,17,21H,5-9H2,1-4H3,(H,30,35)(H,31,34)/t15?,17?,21-/m0/s1. The minimum atomic E-state index is -0.753. The summed E-state index contributed by atoms with van der Waals surface area (Å²) in [6, 6.07) is 2.13. The number of hydrogen-bond acceptors (Lipinski definition) is 5. The van der Waals surface area contributed by atoms with Crippen LogP contribution in [0.5, 0.6) is 0 Å². The molecule has 2 N–H and O–H groups in total. The molecule has 2 amide bonds. The summed E-state index contributed by atoms with van der Waals surface area (Å²) in [6.07, 6.45) is 8.29. The average Bonchev–Trinajstić information content (AvgIpc) is 3.44. The predicted octanol–water partition coefficient (Wildman–Crippen LogP) is 3.71. The van der Waals surface area contributed by atoms with Crippen molar-refractivity contribution in [1.82, 2.24) is 29.9 Å². The third-order valence-electron chi connectivity index (χ3n) is 6.80. The highest BCUT2D eigenvalue weighted by Gasteiger charge is 2.33. The van der Waals surface area contributed by atoms with E-state index >= 15 is 0 Å². The van der Waals surface area contributed by atoms with Gasteiger partial charge < -0.3 is 10.6 Å². The summed E-state index contributed by atoms with van der Waals surface area (Å²) < 4.78 is 18.1. The molecule has 9 nitrogen and oxygen atoms in total. The molecule has 186 valence electrons. The van der Waals surface area contributed by atoms with E-state index in [9.17, 15) is 14.0 Å². The third-order valence-corrected chi connectivity index (χ3v) is 6.80. The van der Waals surface area contributed by atoms with Gasteiger partial charge in [0.05, 0.1) is 23.8 Å². The van der Waals surface area contributed by atoms with Gasteiger partial charge in [-0.25, -0.2) is 9.37 Å². The highest BCUT2D eigenvalue weighted by Crippen LogP contribution is 2.31. The number of aryl methyl sites for hydroxylation is 3. The van der Waals surface area contributed by atoms with Crippen LogP contribution in [0, 0.1) is 24.6 Å². The monoisotopic (exact) mass is 481 g/mol. The smallest absolute Gasteiger partial charge is 0.270 e. The van der Waals surface area contributed by atoms with Crippen molar-refractivity contribution in [2.24, 2.45) is 18.9 Å². The molecule has 0 bridgehead atoms. The zero-order chi connectivity index (χ0) is 25.1. The van der Waals surface area contributed by atoms with Gasteiger partial charge in [-0.05, 0) is 50.2 Å². The van der Waals surface area contributed by atoms with E-state index in [1.54, 1.807) is 34.9 Å². The number of nitrogens with zero attached hydrogens (tertiary/aromatic N) is 5. The van der Waals surface area contributed by atoms with Crippen LogP contribution in [0.3, 0.4) is 0 Å². The van der Waals surface area contributed by atoms with Crippen molar-refractivity contribution in [2.45, 2.75) is 59.0 Å². The van der Waals surface area contributed by atoms with E-state index in [2.05, 4.69) is 32.7 Å². The number of aromatic nitrogens is 5. The minimum Gasteiger partial charge on any atom is -0.339 e. The lowest BCUT2D eigenvalue weighted by molar-refractivity contribution is -0.119. The van der Waals surface area contributed by atoms with Crippen molar-refractivity contribution < 1.29 is 14.0 Å². The van der Waals surface area contributed by atoms with E-state index in [-0.39, 0.29) is 29.1 Å². The molecule has 3 aromatic heterocycles. The van der Waals surface area contributed by atoms with Gasteiger partial charge in [-0.3, -0.25) is 19.0 Å². The number of anilines is 1. The van der Waals surface area contributed by atoms with E-state index in [0.717, 1.165) is 31.2 Å². The highest BCUT2D eigenvalue weighted by molar-refractivity contribution is 6.00. The van der Waals surface area contributed by atoms with Crippen LogP contribution in [0.4, 0.5) is 10.1 Å². The lowest BCUT2D eigenvalue weighted by Gasteiger charge is -2.32. The van der Waals surface area contributed by atoms with Crippen LogP contribution in [0.1, 0.15) is 55.6 Å². The fourth-order valence-corrected chi connectivity index (χ4v) is 4.80. The molecule has 0 radical (unpaired) electrons. The maximum absolute atomic E-state index is 15.0. The molecule has 0 saturated heterocycles. The van der Waals surface area contributed by atoms with E-state index in [4.69, 9.17) is 0 Å². The summed E-state index contributed by atoms with van der Waals surface area (Å²) in [6.45, 7) is 6.47. The quantitative estimate of drug-likeness (QED) is 0.535. The summed E-state index contributed by atoms with van der Waals surface area (Å²) in [5, 5.41) is 14.0. The first-order chi connectivity index (χ1) is 16.8. The molecule has 1 atom stereocenters. The Kier molecular flexibility index (Phi) is 7.28. The van der Waals surface area contributed by atoms with Gasteiger partial charge in [0.25, 0.3) is 5.91 Å². The molecular weight excluding hydrogens is 449 g/mol. The van der Waals surface area contributed by atoms with Crippen molar-refractivity contribution in [3.63, 3.8) is 0 Å². The van der Waals surface area contributed by atoms with Gasteiger partial charge in [0.2, 0.25) is 5.91 Å². The lowest BCUT2D eigenvalue weighted by Crippen LogP contribution is -2.49. The lowest BCUT2D eigenvalue weighted by atomic mass is 9.79. The van der Waals surface area contributed by atoms with Crippen molar-refractivity contribution in [3.05, 3.63) is 47.8 Å². The van der Waals surface area contributed by atoms with Crippen LogP contribution >= 0.6 is 0 Å². The summed E-state index contributed by atoms with van der Waals surface area (Å²) in [4.78, 5) is 30.6. The predicted molar refractivity (Wildman–Crippen MR) is 130 cm³/mol. The molecule has 1 saturated carbocycles. The Morgan fingerprint density at radius 2 is 1.94 bits per heavy atom. The van der Waals surface area contributed by atoms with Gasteiger partial charge in [0.1, 0.15) is 17.4 Å². The first-order valence-electron chi connectivity index (χ1n) is 12.1. The van der Waals surface area contributed by atoms with Gasteiger partial charge in [-0.2, -0.15) is 10.2 Å². The number of halogens is 1. The summed E-state index contributed by atoms with van der Waals surface area (Å²) in [5.41, 5.74) is 2.18. The van der Waals surface area contributed by atoms with Crippen LogP contribution in [0.25, 0.3) is 11.4 Å². The van der Waals surface area contributed by atoms with Gasteiger partial charge in [0.15, 0.2) is 5.82 Å². The molecule has 0 spiro atoms. The van der Waals surface area contributed by atoms with E-state index in [1.165, 1.54) is 12.3 Å². The summed E-state index contributed by atoms with van der Waals surface area (Å²) >= 11 is 0. The number of pyridine rings is 1. The van der Waals surface area contributed by atoms with Crippen LogP contribution in [0.15, 0.2) is 30.7 Å². The molecule has 0 unspecified atom stereocenters. The van der Waals surface area contributed by atoms with E-state index < -0.39 is 11.9 Å². The first kappa shape index (κ1) is 24.6. The normalized spacial score (nSPS) is 18.8. The number of carbonyl (C=O) groups is 2. The third kappa shape index (κ3) is 5.26. The maximum atomic E-state index is 15.0. The zero-order valence-corrected chi connectivity index (χ0v) is 20.6. The molecule has 3 aromatic rings. The first-order valence-corrected chi connectivity index (χ1v) is 12.1. The van der Waals surface area contributed by atoms with Gasteiger partial charge in [0, 0.05) is 25.9 Å². The molecule has 1 aliphatic carbocycles. The molecule has 0 aromatic carbocycles. The van der Waals surface area contributed by atoms with Crippen LogP contribution in [-0.2, 0) is 18.4 Å². The Morgan fingerprint density at radius 3 is 2.57 bits per heavy atom. The second-order valence-electron chi connectivity index (χ2n) is 9.35. The molecule has 10 heteroatoms. The topological polar surface area (TPSA) is 107 Å². The van der Waals surface area contributed by atoms with Gasteiger partial charge in [-0.1, -0.05) is 19.8 Å². The Balaban J connectivity index is 1.55. The SMILES string of the molecule is CCn1nccc1C(=O)N[C@H](C(=O)Nc1cnc(-c2c(C)cnn2C)c(F)c1)C1CCC(C)CC1. The number of hydrogen-bond donors (Lipinski definition) is 2. The number of amides is 2. The Morgan fingerprint density at radius 1 is 1.20 bits per heavy atom. The second-order valence-corrected chi connectivity index (χ2v) is 9.35. The fraction of sp³-hybridized carbons (Fsp3) is 0.480. The van der Waals surface area contributed by atoms with Crippen LogP contribution in [-0.4, -0.2) is 42.4 Å². The zero-order valence-electron chi connectivity index (χ0n) is 20.6. The highest BCUT2D eigenvalue weighted by atomic mass is 19.1. The molecule has 0 aliphatic heterocycles. The van der Waals surface area contributed by atoms with Crippen LogP contribution < -0.4 is 10.6 Å². The van der Waals surface area contributed by atoms with E-state index in [0.29, 0.717) is 23.9 Å². The Labute approximate surface area is 204 Å².